The van der Waals surface area contributed by atoms with Crippen molar-refractivity contribution < 1.29 is 9.90 Å². The first-order valence-corrected chi connectivity index (χ1v) is 5.96. The smallest absolute Gasteiger partial charge is 0.313 e. The van der Waals surface area contributed by atoms with E-state index in [-0.39, 0.29) is 5.41 Å². The number of benzene rings is 1. The van der Waals surface area contributed by atoms with Crippen molar-refractivity contribution in [3.05, 3.63) is 35.4 Å². The summed E-state index contributed by atoms with van der Waals surface area (Å²) in [6, 6.07) is 7.91. The van der Waals surface area contributed by atoms with Crippen LogP contribution in [0.25, 0.3) is 0 Å². The molecular formula is C15H22O2. The number of hydrogen-bond donors (Lipinski definition) is 1. The molecule has 1 N–H and O–H groups in total. The van der Waals surface area contributed by atoms with Crippen molar-refractivity contribution in [2.24, 2.45) is 5.41 Å². The lowest BCUT2D eigenvalue weighted by molar-refractivity contribution is -0.142. The summed E-state index contributed by atoms with van der Waals surface area (Å²) in [4.78, 5) is 11.2. The van der Waals surface area contributed by atoms with Gasteiger partial charge in [-0.25, -0.2) is 0 Å². The molecule has 1 aromatic carbocycles. The SMILES string of the molecule is CC(C)(C)Cc1cccc(C(C)(C)C(=O)O)c1. The van der Waals surface area contributed by atoms with E-state index in [0.717, 1.165) is 12.0 Å². The van der Waals surface area contributed by atoms with E-state index < -0.39 is 11.4 Å². The molecule has 2 heteroatoms. The van der Waals surface area contributed by atoms with Crippen molar-refractivity contribution in [3.8, 4) is 0 Å². The number of carbonyl (C=O) groups is 1. The Morgan fingerprint density at radius 3 is 2.24 bits per heavy atom. The molecular weight excluding hydrogens is 212 g/mol. The molecule has 2 nitrogen and oxygen atoms in total. The molecule has 0 aliphatic heterocycles. The number of hydrogen-bond acceptors (Lipinski definition) is 1. The largest absolute Gasteiger partial charge is 0.481 e. The summed E-state index contributed by atoms with van der Waals surface area (Å²) in [6.07, 6.45) is 0.955. The average molecular weight is 234 g/mol. The molecule has 0 radical (unpaired) electrons. The Kier molecular flexibility index (Phi) is 3.65. The third kappa shape index (κ3) is 3.58. The zero-order valence-electron chi connectivity index (χ0n) is 11.4. The summed E-state index contributed by atoms with van der Waals surface area (Å²) in [5, 5.41) is 9.22. The number of rotatable bonds is 3. The highest BCUT2D eigenvalue weighted by Gasteiger charge is 2.29. The Bertz CT molecular complexity index is 411. The zero-order valence-corrected chi connectivity index (χ0v) is 11.4. The summed E-state index contributed by atoms with van der Waals surface area (Å²) in [6.45, 7) is 10.0. The third-order valence-electron chi connectivity index (χ3n) is 2.92. The van der Waals surface area contributed by atoms with Gasteiger partial charge in [0.25, 0.3) is 0 Å². The molecule has 0 heterocycles. The van der Waals surface area contributed by atoms with Gasteiger partial charge in [-0.1, -0.05) is 45.0 Å². The minimum atomic E-state index is -0.826. The van der Waals surface area contributed by atoms with E-state index in [1.54, 1.807) is 13.8 Å². The molecule has 0 aliphatic carbocycles. The van der Waals surface area contributed by atoms with Crippen molar-refractivity contribution in [2.45, 2.75) is 46.5 Å². The van der Waals surface area contributed by atoms with Crippen LogP contribution >= 0.6 is 0 Å². The fourth-order valence-corrected chi connectivity index (χ4v) is 1.81. The number of carboxylic acid groups (broad SMARTS) is 1. The molecule has 0 fully saturated rings. The van der Waals surface area contributed by atoms with Crippen molar-refractivity contribution in [1.29, 1.82) is 0 Å². The van der Waals surface area contributed by atoms with Crippen LogP contribution < -0.4 is 0 Å². The quantitative estimate of drug-likeness (QED) is 0.867. The first-order chi connectivity index (χ1) is 7.63. The van der Waals surface area contributed by atoms with Gasteiger partial charge in [0.2, 0.25) is 0 Å². The van der Waals surface area contributed by atoms with Crippen molar-refractivity contribution in [1.82, 2.24) is 0 Å². The van der Waals surface area contributed by atoms with E-state index in [4.69, 9.17) is 0 Å². The maximum Gasteiger partial charge on any atom is 0.313 e. The molecule has 0 atom stereocenters. The van der Waals surface area contributed by atoms with Gasteiger partial charge in [-0.15, -0.1) is 0 Å². The zero-order chi connectivity index (χ0) is 13.3. The second kappa shape index (κ2) is 4.52. The van der Waals surface area contributed by atoms with Crippen molar-refractivity contribution in [2.75, 3.05) is 0 Å². The topological polar surface area (TPSA) is 37.3 Å². The van der Waals surface area contributed by atoms with Gasteiger partial charge in [-0.05, 0) is 36.8 Å². The van der Waals surface area contributed by atoms with E-state index in [9.17, 15) is 9.90 Å². The maximum absolute atomic E-state index is 11.2. The molecule has 0 unspecified atom stereocenters. The van der Waals surface area contributed by atoms with Crippen LogP contribution in [0, 0.1) is 5.41 Å². The number of carboxylic acids is 1. The van der Waals surface area contributed by atoms with Crippen LogP contribution in [0.5, 0.6) is 0 Å². The standard InChI is InChI=1S/C15H22O2/c1-14(2,3)10-11-7-6-8-12(9-11)15(4,5)13(16)17/h6-9H,10H2,1-5H3,(H,16,17). The molecule has 0 spiro atoms. The summed E-state index contributed by atoms with van der Waals surface area (Å²) in [5.74, 6) is -0.787. The molecule has 94 valence electrons. The molecule has 0 aromatic heterocycles. The molecule has 0 aliphatic rings. The second-order valence-corrected chi connectivity index (χ2v) is 6.37. The Morgan fingerprint density at radius 2 is 1.76 bits per heavy atom. The summed E-state index contributed by atoms with van der Waals surface area (Å²) in [5.41, 5.74) is 1.45. The molecule has 0 amide bonds. The maximum atomic E-state index is 11.2. The van der Waals surface area contributed by atoms with E-state index in [1.807, 2.05) is 18.2 Å². The fraction of sp³-hybridized carbons (Fsp3) is 0.533. The van der Waals surface area contributed by atoms with Crippen molar-refractivity contribution >= 4 is 5.97 Å². The lowest BCUT2D eigenvalue weighted by atomic mass is 9.81. The highest BCUT2D eigenvalue weighted by atomic mass is 16.4. The molecule has 0 saturated heterocycles. The van der Waals surface area contributed by atoms with Crippen LogP contribution in [0.4, 0.5) is 0 Å². The van der Waals surface area contributed by atoms with Crippen LogP contribution in [0.2, 0.25) is 0 Å². The highest BCUT2D eigenvalue weighted by molar-refractivity contribution is 5.80. The fourth-order valence-electron chi connectivity index (χ4n) is 1.81. The van der Waals surface area contributed by atoms with Gasteiger partial charge in [-0.2, -0.15) is 0 Å². The van der Waals surface area contributed by atoms with Gasteiger partial charge >= 0.3 is 5.97 Å². The Balaban J connectivity index is 3.06. The lowest BCUT2D eigenvalue weighted by Gasteiger charge is -2.22. The first kappa shape index (κ1) is 13.8. The lowest BCUT2D eigenvalue weighted by Crippen LogP contribution is -2.28. The Labute approximate surface area is 104 Å². The van der Waals surface area contributed by atoms with Gasteiger partial charge in [0, 0.05) is 0 Å². The highest BCUT2D eigenvalue weighted by Crippen LogP contribution is 2.27. The molecule has 1 rings (SSSR count). The molecule has 0 saturated carbocycles. The van der Waals surface area contributed by atoms with E-state index in [1.165, 1.54) is 5.56 Å². The van der Waals surface area contributed by atoms with E-state index in [0.29, 0.717) is 0 Å². The monoisotopic (exact) mass is 234 g/mol. The van der Waals surface area contributed by atoms with Gasteiger partial charge in [0.05, 0.1) is 5.41 Å². The summed E-state index contributed by atoms with van der Waals surface area (Å²) < 4.78 is 0. The summed E-state index contributed by atoms with van der Waals surface area (Å²) in [7, 11) is 0. The second-order valence-electron chi connectivity index (χ2n) is 6.37. The number of aliphatic carboxylic acids is 1. The minimum Gasteiger partial charge on any atom is -0.481 e. The molecule has 1 aromatic rings. The van der Waals surface area contributed by atoms with Crippen LogP contribution in [0.1, 0.15) is 45.7 Å². The first-order valence-electron chi connectivity index (χ1n) is 5.96. The van der Waals surface area contributed by atoms with E-state index in [2.05, 4.69) is 26.8 Å². The third-order valence-corrected chi connectivity index (χ3v) is 2.92. The van der Waals surface area contributed by atoms with Crippen LogP contribution in [0.3, 0.4) is 0 Å². The van der Waals surface area contributed by atoms with E-state index >= 15 is 0 Å². The normalized spacial score (nSPS) is 12.5. The predicted octanol–water partition coefficient (Wildman–Crippen LogP) is 3.64. The predicted molar refractivity (Wildman–Crippen MR) is 70.3 cm³/mol. The Morgan fingerprint density at radius 1 is 1.18 bits per heavy atom. The van der Waals surface area contributed by atoms with Crippen molar-refractivity contribution in [3.63, 3.8) is 0 Å². The van der Waals surface area contributed by atoms with Crippen LogP contribution in [-0.4, -0.2) is 11.1 Å². The van der Waals surface area contributed by atoms with Gasteiger partial charge in [-0.3, -0.25) is 4.79 Å². The van der Waals surface area contributed by atoms with Gasteiger partial charge < -0.3 is 5.11 Å². The van der Waals surface area contributed by atoms with Crippen LogP contribution in [-0.2, 0) is 16.6 Å². The molecule has 0 bridgehead atoms. The molecule has 17 heavy (non-hydrogen) atoms. The minimum absolute atomic E-state index is 0.214. The Hall–Kier alpha value is -1.31. The van der Waals surface area contributed by atoms with Gasteiger partial charge in [0.15, 0.2) is 0 Å². The van der Waals surface area contributed by atoms with Gasteiger partial charge in [0.1, 0.15) is 0 Å². The summed E-state index contributed by atoms with van der Waals surface area (Å²) >= 11 is 0. The van der Waals surface area contributed by atoms with Crippen LogP contribution in [0.15, 0.2) is 24.3 Å². The average Bonchev–Trinajstić information content (AvgIpc) is 2.15.